The minimum absolute atomic E-state index is 0.0462. The quantitative estimate of drug-likeness (QED) is 0.222. The summed E-state index contributed by atoms with van der Waals surface area (Å²) >= 11 is 0. The van der Waals surface area contributed by atoms with Crippen molar-refractivity contribution in [3.05, 3.63) is 119 Å². The Morgan fingerprint density at radius 2 is 1.58 bits per heavy atom. The summed E-state index contributed by atoms with van der Waals surface area (Å²) < 4.78 is 8.90. The number of aliphatic hydroxyl groups excluding tert-OH is 1. The van der Waals surface area contributed by atoms with Gasteiger partial charge in [-0.2, -0.15) is 0 Å². The Balaban J connectivity index is 1.55. The van der Waals surface area contributed by atoms with Crippen LogP contribution in [0.2, 0.25) is 18.1 Å². The zero-order valence-corrected chi connectivity index (χ0v) is 27.2. The molecule has 0 saturated carbocycles. The molecule has 0 spiro atoms. The van der Waals surface area contributed by atoms with Gasteiger partial charge in [0.25, 0.3) is 0 Å². The number of hydrogen-bond donors (Lipinski definition) is 1. The summed E-state index contributed by atoms with van der Waals surface area (Å²) in [5.74, 6) is 0.592. The minimum atomic E-state index is -2.08. The molecule has 4 aromatic rings. The lowest BCUT2D eigenvalue weighted by molar-refractivity contribution is 0.126. The van der Waals surface area contributed by atoms with Crippen LogP contribution >= 0.6 is 0 Å². The molecule has 8 heteroatoms. The van der Waals surface area contributed by atoms with E-state index in [1.54, 1.807) is 4.90 Å². The number of rotatable bonds is 8. The summed E-state index contributed by atoms with van der Waals surface area (Å²) in [6.07, 6.45) is -0.312. The second-order valence-corrected chi connectivity index (χ2v) is 17.8. The monoisotopic (exact) mass is 596 g/mol. The molecule has 1 N–H and O–H groups in total. The third kappa shape index (κ3) is 6.61. The molecule has 1 unspecified atom stereocenters. The number of carbonyl (C=O) groups excluding carboxylic acids is 1. The zero-order valence-electron chi connectivity index (χ0n) is 26.2. The van der Waals surface area contributed by atoms with E-state index in [-0.39, 0.29) is 17.1 Å². The SMILES string of the molecule is CN(C(=O)N1Cc2nc([C@@H](O)c3ccccc3)n(Cc3ccccc3)c2CC1CO[Si](C)(C)C(C)(C)C)c1ccccc1. The van der Waals surface area contributed by atoms with Gasteiger partial charge in [-0.25, -0.2) is 9.78 Å². The number of aliphatic hydroxyl groups is 1. The number of benzene rings is 3. The number of para-hydroxylation sites is 1. The zero-order chi connectivity index (χ0) is 30.8. The van der Waals surface area contributed by atoms with E-state index in [9.17, 15) is 9.90 Å². The Morgan fingerprint density at radius 1 is 1.00 bits per heavy atom. The van der Waals surface area contributed by atoms with E-state index in [1.807, 2.05) is 90.8 Å². The van der Waals surface area contributed by atoms with Gasteiger partial charge in [0.15, 0.2) is 8.32 Å². The van der Waals surface area contributed by atoms with Crippen molar-refractivity contribution in [2.45, 2.75) is 70.6 Å². The Labute approximate surface area is 256 Å². The van der Waals surface area contributed by atoms with Crippen molar-refractivity contribution in [2.24, 2.45) is 0 Å². The second kappa shape index (κ2) is 12.5. The molecule has 0 fully saturated rings. The number of carbonyl (C=O) groups is 1. The molecular formula is C35H44N4O3Si. The van der Waals surface area contributed by atoms with Crippen molar-refractivity contribution in [3.8, 4) is 0 Å². The highest BCUT2D eigenvalue weighted by Crippen LogP contribution is 2.38. The van der Waals surface area contributed by atoms with Gasteiger partial charge in [0.1, 0.15) is 11.9 Å². The molecule has 226 valence electrons. The number of aromatic nitrogens is 2. The first-order valence-corrected chi connectivity index (χ1v) is 18.0. The molecule has 0 radical (unpaired) electrons. The van der Waals surface area contributed by atoms with Crippen LogP contribution in [0.3, 0.4) is 0 Å². The molecule has 2 amide bonds. The number of anilines is 1. The Bertz CT molecular complexity index is 1520. The van der Waals surface area contributed by atoms with Crippen LogP contribution < -0.4 is 4.90 Å². The Kier molecular flexibility index (Phi) is 8.92. The van der Waals surface area contributed by atoms with Crippen molar-refractivity contribution in [3.63, 3.8) is 0 Å². The van der Waals surface area contributed by atoms with Crippen LogP contribution in [0.5, 0.6) is 0 Å². The number of urea groups is 1. The van der Waals surface area contributed by atoms with Gasteiger partial charge in [-0.05, 0) is 41.4 Å². The Hall–Kier alpha value is -3.72. The summed E-state index contributed by atoms with van der Waals surface area (Å²) in [5.41, 5.74) is 4.61. The molecule has 2 atom stereocenters. The van der Waals surface area contributed by atoms with Gasteiger partial charge in [-0.15, -0.1) is 0 Å². The average molecular weight is 597 g/mol. The van der Waals surface area contributed by atoms with Crippen LogP contribution in [0.4, 0.5) is 10.5 Å². The predicted octanol–water partition coefficient (Wildman–Crippen LogP) is 7.02. The largest absolute Gasteiger partial charge is 0.415 e. The van der Waals surface area contributed by atoms with E-state index in [4.69, 9.17) is 9.41 Å². The van der Waals surface area contributed by atoms with Crippen molar-refractivity contribution in [1.82, 2.24) is 14.5 Å². The van der Waals surface area contributed by atoms with Gasteiger partial charge >= 0.3 is 6.03 Å². The number of nitrogens with zero attached hydrogens (tertiary/aromatic N) is 4. The van der Waals surface area contributed by atoms with E-state index in [2.05, 4.69) is 50.6 Å². The van der Waals surface area contributed by atoms with Gasteiger partial charge in [0, 0.05) is 31.4 Å². The lowest BCUT2D eigenvalue weighted by Crippen LogP contribution is -2.53. The van der Waals surface area contributed by atoms with Crippen LogP contribution in [0.25, 0.3) is 0 Å². The first-order valence-electron chi connectivity index (χ1n) is 15.0. The summed E-state index contributed by atoms with van der Waals surface area (Å²) in [6, 6.07) is 29.3. The first kappa shape index (κ1) is 30.7. The maximum absolute atomic E-state index is 14.1. The van der Waals surface area contributed by atoms with Crippen LogP contribution in [-0.2, 0) is 23.9 Å². The van der Waals surface area contributed by atoms with Crippen LogP contribution in [0.15, 0.2) is 91.0 Å². The highest BCUT2D eigenvalue weighted by atomic mass is 28.4. The van der Waals surface area contributed by atoms with Crippen molar-refractivity contribution in [1.29, 1.82) is 0 Å². The third-order valence-electron chi connectivity index (χ3n) is 9.04. The lowest BCUT2D eigenvalue weighted by atomic mass is 10.0. The summed E-state index contributed by atoms with van der Waals surface area (Å²) in [6.45, 7) is 12.6. The minimum Gasteiger partial charge on any atom is -0.415 e. The average Bonchev–Trinajstić information content (AvgIpc) is 3.36. The fraction of sp³-hybridized carbons (Fsp3) is 0.371. The molecule has 43 heavy (non-hydrogen) atoms. The topological polar surface area (TPSA) is 70.8 Å². The molecule has 0 saturated heterocycles. The highest BCUT2D eigenvalue weighted by molar-refractivity contribution is 6.74. The molecule has 0 aliphatic carbocycles. The third-order valence-corrected chi connectivity index (χ3v) is 13.5. The molecule has 5 rings (SSSR count). The number of fused-ring (bicyclic) bond motifs is 1. The molecule has 1 aliphatic heterocycles. The predicted molar refractivity (Wildman–Crippen MR) is 175 cm³/mol. The van der Waals surface area contributed by atoms with Gasteiger partial charge in [-0.3, -0.25) is 4.90 Å². The molecule has 0 bridgehead atoms. The summed E-state index contributed by atoms with van der Waals surface area (Å²) in [5, 5.41) is 11.6. The van der Waals surface area contributed by atoms with Crippen molar-refractivity contribution in [2.75, 3.05) is 18.6 Å². The summed E-state index contributed by atoms with van der Waals surface area (Å²) in [7, 11) is -0.264. The molecular weight excluding hydrogens is 552 g/mol. The second-order valence-electron chi connectivity index (χ2n) is 13.0. The standard InChI is InChI=1S/C35H44N4O3Si/c1-35(2,3)43(5,6)42-25-29-22-31-30(24-38(29)34(41)37(4)28-20-14-9-15-21-28)36-33(32(40)27-18-12-8-13-19-27)39(31)23-26-16-10-7-11-17-26/h7-21,29,32,40H,22-25H2,1-6H3/t29?,32-/m0/s1. The van der Waals surface area contributed by atoms with Crippen molar-refractivity contribution < 1.29 is 14.3 Å². The van der Waals surface area contributed by atoms with E-state index < -0.39 is 14.4 Å². The first-order chi connectivity index (χ1) is 20.5. The fourth-order valence-electron chi connectivity index (χ4n) is 5.32. The maximum Gasteiger partial charge on any atom is 0.324 e. The number of amides is 2. The fourth-order valence-corrected chi connectivity index (χ4v) is 6.36. The van der Waals surface area contributed by atoms with Gasteiger partial charge < -0.3 is 19.0 Å². The van der Waals surface area contributed by atoms with Crippen LogP contribution in [-0.4, -0.2) is 53.6 Å². The molecule has 2 heterocycles. The van der Waals surface area contributed by atoms with Gasteiger partial charge in [0.05, 0.1) is 24.9 Å². The van der Waals surface area contributed by atoms with Crippen LogP contribution in [0, 0.1) is 0 Å². The van der Waals surface area contributed by atoms with Crippen molar-refractivity contribution >= 4 is 20.0 Å². The van der Waals surface area contributed by atoms with Gasteiger partial charge in [-0.1, -0.05) is 99.6 Å². The highest BCUT2D eigenvalue weighted by Gasteiger charge is 2.41. The smallest absolute Gasteiger partial charge is 0.324 e. The molecule has 7 nitrogen and oxygen atoms in total. The van der Waals surface area contributed by atoms with Gasteiger partial charge in [0.2, 0.25) is 0 Å². The van der Waals surface area contributed by atoms with E-state index >= 15 is 0 Å². The van der Waals surface area contributed by atoms with E-state index in [1.165, 1.54) is 0 Å². The number of imidazole rings is 1. The summed E-state index contributed by atoms with van der Waals surface area (Å²) in [4.78, 5) is 22.7. The Morgan fingerprint density at radius 3 is 2.19 bits per heavy atom. The normalized spacial score (nSPS) is 16.1. The molecule has 1 aromatic heterocycles. The van der Waals surface area contributed by atoms with E-state index in [0.29, 0.717) is 31.9 Å². The lowest BCUT2D eigenvalue weighted by Gasteiger charge is -2.41. The number of hydrogen-bond acceptors (Lipinski definition) is 4. The van der Waals surface area contributed by atoms with E-state index in [0.717, 1.165) is 28.2 Å². The maximum atomic E-state index is 14.1. The molecule has 3 aromatic carbocycles. The van der Waals surface area contributed by atoms with Crippen LogP contribution in [0.1, 0.15) is 55.2 Å². The molecule has 1 aliphatic rings.